The van der Waals surface area contributed by atoms with E-state index in [0.717, 1.165) is 25.9 Å². The highest BCUT2D eigenvalue weighted by molar-refractivity contribution is 5.83. The summed E-state index contributed by atoms with van der Waals surface area (Å²) in [5.74, 6) is 1.20. The number of ether oxygens (including phenoxy) is 1. The molecule has 1 saturated heterocycles. The van der Waals surface area contributed by atoms with E-state index in [1.807, 2.05) is 4.90 Å². The molecule has 1 heterocycles. The molecule has 0 atom stereocenters. The van der Waals surface area contributed by atoms with Crippen molar-refractivity contribution in [2.45, 2.75) is 40.5 Å². The molecular weight excluding hydrogens is 240 g/mol. The molecule has 112 valence electrons. The second-order valence-corrected chi connectivity index (χ2v) is 6.59. The van der Waals surface area contributed by atoms with E-state index >= 15 is 0 Å². The van der Waals surface area contributed by atoms with Crippen molar-refractivity contribution in [2.24, 2.45) is 23.0 Å². The number of amides is 1. The van der Waals surface area contributed by atoms with Crippen molar-refractivity contribution in [1.29, 1.82) is 0 Å². The highest BCUT2D eigenvalue weighted by atomic mass is 16.5. The van der Waals surface area contributed by atoms with Crippen LogP contribution in [0.25, 0.3) is 0 Å². The first-order valence-electron chi connectivity index (χ1n) is 7.48. The molecule has 0 radical (unpaired) electrons. The largest absolute Gasteiger partial charge is 0.381 e. The van der Waals surface area contributed by atoms with Crippen LogP contribution in [0.15, 0.2) is 0 Å². The van der Waals surface area contributed by atoms with Crippen LogP contribution in [-0.4, -0.2) is 43.7 Å². The summed E-state index contributed by atoms with van der Waals surface area (Å²) in [6.07, 6.45) is 1.52. The minimum Gasteiger partial charge on any atom is -0.381 e. The van der Waals surface area contributed by atoms with E-state index in [1.165, 1.54) is 0 Å². The van der Waals surface area contributed by atoms with E-state index < -0.39 is 0 Å². The maximum atomic E-state index is 12.9. The minimum absolute atomic E-state index is 0.237. The molecule has 1 fully saturated rings. The average molecular weight is 270 g/mol. The van der Waals surface area contributed by atoms with Gasteiger partial charge < -0.3 is 15.4 Å². The van der Waals surface area contributed by atoms with Crippen LogP contribution < -0.4 is 5.73 Å². The van der Waals surface area contributed by atoms with Gasteiger partial charge in [0.1, 0.15) is 0 Å². The van der Waals surface area contributed by atoms with Crippen molar-refractivity contribution in [3.63, 3.8) is 0 Å². The third kappa shape index (κ3) is 4.46. The summed E-state index contributed by atoms with van der Waals surface area (Å²) in [5.41, 5.74) is 5.55. The van der Waals surface area contributed by atoms with Crippen molar-refractivity contribution in [3.8, 4) is 0 Å². The fraction of sp³-hybridized carbons (Fsp3) is 0.933. The van der Waals surface area contributed by atoms with Crippen LogP contribution in [0, 0.1) is 17.3 Å². The third-order valence-electron chi connectivity index (χ3n) is 3.75. The molecule has 1 rings (SSSR count). The molecule has 1 amide bonds. The van der Waals surface area contributed by atoms with Crippen LogP contribution in [0.3, 0.4) is 0 Å². The summed E-state index contributed by atoms with van der Waals surface area (Å²) in [6.45, 7) is 12.0. The maximum Gasteiger partial charge on any atom is 0.230 e. The lowest BCUT2D eigenvalue weighted by Crippen LogP contribution is -2.52. The Hall–Kier alpha value is -0.610. The van der Waals surface area contributed by atoms with Gasteiger partial charge in [0, 0.05) is 32.8 Å². The Morgan fingerprint density at radius 1 is 1.16 bits per heavy atom. The standard InChI is InChI=1S/C15H30N2O2/c1-12(2)9-17(10-13(3)4)14(18)15(11-16)5-7-19-8-6-15/h12-13H,5-11,16H2,1-4H3. The third-order valence-corrected chi connectivity index (χ3v) is 3.75. The molecule has 4 nitrogen and oxygen atoms in total. The molecule has 0 unspecified atom stereocenters. The normalized spacial score (nSPS) is 18.9. The fourth-order valence-corrected chi connectivity index (χ4v) is 2.72. The van der Waals surface area contributed by atoms with Crippen molar-refractivity contribution < 1.29 is 9.53 Å². The molecular formula is C15H30N2O2. The summed E-state index contributed by atoms with van der Waals surface area (Å²) in [6, 6.07) is 0. The summed E-state index contributed by atoms with van der Waals surface area (Å²) >= 11 is 0. The summed E-state index contributed by atoms with van der Waals surface area (Å²) in [5, 5.41) is 0. The van der Waals surface area contributed by atoms with Crippen molar-refractivity contribution in [1.82, 2.24) is 4.90 Å². The molecule has 2 N–H and O–H groups in total. The van der Waals surface area contributed by atoms with Crippen LogP contribution >= 0.6 is 0 Å². The predicted molar refractivity (Wildman–Crippen MR) is 77.8 cm³/mol. The molecule has 4 heteroatoms. The zero-order valence-corrected chi connectivity index (χ0v) is 12.9. The summed E-state index contributed by atoms with van der Waals surface area (Å²) in [7, 11) is 0. The monoisotopic (exact) mass is 270 g/mol. The first-order chi connectivity index (χ1) is 8.91. The van der Waals surface area contributed by atoms with Gasteiger partial charge in [-0.25, -0.2) is 0 Å². The van der Waals surface area contributed by atoms with E-state index in [4.69, 9.17) is 10.5 Å². The molecule has 1 aliphatic heterocycles. The maximum absolute atomic E-state index is 12.9. The van der Waals surface area contributed by atoms with Crippen molar-refractivity contribution in [3.05, 3.63) is 0 Å². The Kier molecular flexibility index (Phi) is 6.27. The second kappa shape index (κ2) is 7.25. The molecule has 0 aromatic rings. The number of hydrogen-bond donors (Lipinski definition) is 1. The molecule has 1 aliphatic rings. The molecule has 19 heavy (non-hydrogen) atoms. The van der Waals surface area contributed by atoms with Crippen molar-refractivity contribution >= 4 is 5.91 Å². The smallest absolute Gasteiger partial charge is 0.230 e. The van der Waals surface area contributed by atoms with Gasteiger partial charge in [-0.05, 0) is 24.7 Å². The number of nitrogens with two attached hydrogens (primary N) is 1. The second-order valence-electron chi connectivity index (χ2n) is 6.59. The lowest BCUT2D eigenvalue weighted by atomic mass is 9.78. The Labute approximate surface area is 117 Å². The van der Waals surface area contributed by atoms with Crippen LogP contribution in [0.5, 0.6) is 0 Å². The van der Waals surface area contributed by atoms with Gasteiger partial charge in [-0.15, -0.1) is 0 Å². The average Bonchev–Trinajstić information content (AvgIpc) is 2.36. The molecule has 0 saturated carbocycles. The van der Waals surface area contributed by atoms with Gasteiger partial charge in [0.2, 0.25) is 5.91 Å². The van der Waals surface area contributed by atoms with Crippen LogP contribution in [0.1, 0.15) is 40.5 Å². The van der Waals surface area contributed by atoms with E-state index in [0.29, 0.717) is 31.6 Å². The molecule has 0 spiro atoms. The van der Waals surface area contributed by atoms with Gasteiger partial charge in [0.05, 0.1) is 5.41 Å². The van der Waals surface area contributed by atoms with Crippen LogP contribution in [0.4, 0.5) is 0 Å². The van der Waals surface area contributed by atoms with E-state index in [1.54, 1.807) is 0 Å². The van der Waals surface area contributed by atoms with Gasteiger partial charge in [0.15, 0.2) is 0 Å². The van der Waals surface area contributed by atoms with Crippen LogP contribution in [0.2, 0.25) is 0 Å². The minimum atomic E-state index is -0.387. The SMILES string of the molecule is CC(C)CN(CC(C)C)C(=O)C1(CN)CCOCC1. The lowest BCUT2D eigenvalue weighted by Gasteiger charge is -2.40. The number of carbonyl (C=O) groups excluding carboxylic acids is 1. The lowest BCUT2D eigenvalue weighted by molar-refractivity contribution is -0.148. The molecule has 0 aromatic heterocycles. The molecule has 0 bridgehead atoms. The zero-order valence-electron chi connectivity index (χ0n) is 12.9. The molecule has 0 aromatic carbocycles. The van der Waals surface area contributed by atoms with E-state index in [2.05, 4.69) is 27.7 Å². The Morgan fingerprint density at radius 2 is 1.63 bits per heavy atom. The summed E-state index contributed by atoms with van der Waals surface area (Å²) < 4.78 is 5.39. The Morgan fingerprint density at radius 3 is 2.00 bits per heavy atom. The number of carbonyl (C=O) groups is 1. The van der Waals surface area contributed by atoms with E-state index in [9.17, 15) is 4.79 Å². The topological polar surface area (TPSA) is 55.6 Å². The fourth-order valence-electron chi connectivity index (χ4n) is 2.72. The zero-order chi connectivity index (χ0) is 14.5. The number of rotatable bonds is 6. The highest BCUT2D eigenvalue weighted by Crippen LogP contribution is 2.32. The predicted octanol–water partition coefficient (Wildman–Crippen LogP) is 1.88. The Balaban J connectivity index is 2.82. The first-order valence-corrected chi connectivity index (χ1v) is 7.48. The van der Waals surface area contributed by atoms with Crippen LogP contribution in [-0.2, 0) is 9.53 Å². The van der Waals surface area contributed by atoms with E-state index in [-0.39, 0.29) is 11.3 Å². The van der Waals surface area contributed by atoms with Crippen molar-refractivity contribution in [2.75, 3.05) is 32.8 Å². The first kappa shape index (κ1) is 16.4. The number of hydrogen-bond acceptors (Lipinski definition) is 3. The number of nitrogens with zero attached hydrogens (tertiary/aromatic N) is 1. The molecule has 0 aliphatic carbocycles. The highest BCUT2D eigenvalue weighted by Gasteiger charge is 2.41. The van der Waals surface area contributed by atoms with Gasteiger partial charge in [0.25, 0.3) is 0 Å². The quantitative estimate of drug-likeness (QED) is 0.802. The van der Waals surface area contributed by atoms with Gasteiger partial charge in [-0.3, -0.25) is 4.79 Å². The van der Waals surface area contributed by atoms with Gasteiger partial charge in [-0.2, -0.15) is 0 Å². The van der Waals surface area contributed by atoms with Gasteiger partial charge >= 0.3 is 0 Å². The summed E-state index contributed by atoms with van der Waals surface area (Å²) in [4.78, 5) is 14.9. The van der Waals surface area contributed by atoms with Gasteiger partial charge in [-0.1, -0.05) is 27.7 Å². The Bertz CT molecular complexity index is 274.